The number of nitrogens with zero attached hydrogens (tertiary/aromatic N) is 3. The molecular formula is C15H12N4O4S. The Morgan fingerprint density at radius 1 is 1.42 bits per heavy atom. The molecule has 0 saturated carbocycles. The van der Waals surface area contributed by atoms with E-state index >= 15 is 0 Å². The maximum atomic E-state index is 11.9. The Morgan fingerprint density at radius 3 is 2.96 bits per heavy atom. The molecule has 0 amide bonds. The van der Waals surface area contributed by atoms with Crippen LogP contribution in [0.2, 0.25) is 0 Å². The van der Waals surface area contributed by atoms with E-state index in [2.05, 4.69) is 15.3 Å². The number of H-pyrrole nitrogens is 1. The molecule has 0 radical (unpaired) electrons. The smallest absolute Gasteiger partial charge is 0.379 e. The van der Waals surface area contributed by atoms with Crippen LogP contribution in [0.4, 0.5) is 0 Å². The topological polar surface area (TPSA) is 94.6 Å². The van der Waals surface area contributed by atoms with Crippen molar-refractivity contribution in [3.63, 3.8) is 0 Å². The third-order valence-corrected chi connectivity index (χ3v) is 3.26. The lowest BCUT2D eigenvalue weighted by Gasteiger charge is -2.08. The first-order valence-electron chi connectivity index (χ1n) is 6.77. The summed E-state index contributed by atoms with van der Waals surface area (Å²) in [5.74, 6) is 0.159. The summed E-state index contributed by atoms with van der Waals surface area (Å²) in [4.78, 5) is 11.9. The van der Waals surface area contributed by atoms with Crippen LogP contribution < -0.4 is 9.47 Å². The second kappa shape index (κ2) is 6.92. The van der Waals surface area contributed by atoms with Crippen molar-refractivity contribution in [2.75, 3.05) is 7.11 Å². The number of furan rings is 1. The Balaban J connectivity index is 1.80. The zero-order valence-electron chi connectivity index (χ0n) is 12.5. The van der Waals surface area contributed by atoms with E-state index in [9.17, 15) is 4.79 Å². The Bertz CT molecular complexity index is 927. The summed E-state index contributed by atoms with van der Waals surface area (Å²) in [6.45, 7) is 0. The molecule has 8 nitrogen and oxygen atoms in total. The van der Waals surface area contributed by atoms with Crippen molar-refractivity contribution in [2.24, 2.45) is 5.10 Å². The molecule has 2 aromatic heterocycles. The minimum absolute atomic E-state index is 0.108. The van der Waals surface area contributed by atoms with Crippen LogP contribution in [0.25, 0.3) is 0 Å². The highest BCUT2D eigenvalue weighted by Gasteiger charge is 2.14. The zero-order valence-corrected chi connectivity index (χ0v) is 13.3. The number of carbonyl (C=O) groups is 1. The van der Waals surface area contributed by atoms with Crippen molar-refractivity contribution in [3.8, 4) is 11.5 Å². The van der Waals surface area contributed by atoms with Crippen molar-refractivity contribution in [1.82, 2.24) is 14.9 Å². The number of nitrogens with one attached hydrogen (secondary N) is 1. The molecule has 9 heteroatoms. The molecule has 3 rings (SSSR count). The summed E-state index contributed by atoms with van der Waals surface area (Å²) < 4.78 is 17.3. The molecule has 0 fully saturated rings. The van der Waals surface area contributed by atoms with Gasteiger partial charge in [-0.1, -0.05) is 0 Å². The number of benzene rings is 1. The van der Waals surface area contributed by atoms with Crippen molar-refractivity contribution in [1.29, 1.82) is 0 Å². The van der Waals surface area contributed by atoms with Gasteiger partial charge in [0.25, 0.3) is 0 Å². The second-order valence-electron chi connectivity index (χ2n) is 4.53. The van der Waals surface area contributed by atoms with Crippen molar-refractivity contribution in [2.45, 2.75) is 0 Å². The maximum Gasteiger partial charge on any atom is 0.379 e. The van der Waals surface area contributed by atoms with Crippen LogP contribution in [0.15, 0.2) is 52.4 Å². The summed E-state index contributed by atoms with van der Waals surface area (Å²) in [7, 11) is 1.48. The second-order valence-corrected chi connectivity index (χ2v) is 4.91. The number of ether oxygens (including phenoxy) is 2. The van der Waals surface area contributed by atoms with Gasteiger partial charge in [-0.2, -0.15) is 14.9 Å². The average Bonchev–Trinajstić information content (AvgIpc) is 3.25. The van der Waals surface area contributed by atoms with Gasteiger partial charge in [-0.05, 0) is 48.1 Å². The first-order chi connectivity index (χ1) is 11.7. The van der Waals surface area contributed by atoms with E-state index in [0.29, 0.717) is 10.5 Å². The van der Waals surface area contributed by atoms with Gasteiger partial charge in [0.15, 0.2) is 11.5 Å². The third-order valence-electron chi connectivity index (χ3n) is 2.98. The minimum atomic E-state index is -0.607. The monoisotopic (exact) mass is 344 g/mol. The number of aromatic amines is 1. The van der Waals surface area contributed by atoms with Gasteiger partial charge in [-0.25, -0.2) is 4.79 Å². The van der Waals surface area contributed by atoms with E-state index in [1.54, 1.807) is 30.5 Å². The summed E-state index contributed by atoms with van der Waals surface area (Å²) in [5, 5.41) is 10.5. The molecule has 0 atom stereocenters. The minimum Gasteiger partial charge on any atom is -0.493 e. The Labute approximate surface area is 141 Å². The van der Waals surface area contributed by atoms with E-state index < -0.39 is 5.97 Å². The van der Waals surface area contributed by atoms with Crippen LogP contribution in [0.3, 0.4) is 0 Å². The number of rotatable bonds is 5. The molecular weight excluding hydrogens is 332 g/mol. The van der Waals surface area contributed by atoms with Gasteiger partial charge in [0.05, 0.1) is 19.6 Å². The number of aromatic nitrogens is 3. The molecule has 122 valence electrons. The molecule has 2 heterocycles. The highest BCUT2D eigenvalue weighted by Crippen LogP contribution is 2.28. The van der Waals surface area contributed by atoms with Crippen molar-refractivity contribution < 1.29 is 18.7 Å². The molecule has 0 aliphatic carbocycles. The fourth-order valence-electron chi connectivity index (χ4n) is 1.85. The third kappa shape index (κ3) is 3.41. The molecule has 0 bridgehead atoms. The molecule has 0 spiro atoms. The number of carbonyl (C=O) groups excluding carboxylic acids is 1. The molecule has 1 N–H and O–H groups in total. The quantitative estimate of drug-likeness (QED) is 0.331. The summed E-state index contributed by atoms with van der Waals surface area (Å²) in [6.07, 6.45) is 4.43. The van der Waals surface area contributed by atoms with Crippen molar-refractivity contribution in [3.05, 3.63) is 59.0 Å². The fourth-order valence-corrected chi connectivity index (χ4v) is 1.99. The van der Waals surface area contributed by atoms with E-state index in [0.717, 1.165) is 5.56 Å². The fraction of sp³-hybridized carbons (Fsp3) is 0.0667. The molecule has 24 heavy (non-hydrogen) atoms. The van der Waals surface area contributed by atoms with Crippen LogP contribution in [0.1, 0.15) is 16.1 Å². The van der Waals surface area contributed by atoms with Gasteiger partial charge in [0.1, 0.15) is 6.33 Å². The van der Waals surface area contributed by atoms with Gasteiger partial charge >= 0.3 is 5.97 Å². The highest BCUT2D eigenvalue weighted by molar-refractivity contribution is 7.71. The largest absolute Gasteiger partial charge is 0.493 e. The zero-order chi connectivity index (χ0) is 16.9. The number of hydrogen-bond donors (Lipinski definition) is 1. The predicted octanol–water partition coefficient (Wildman–Crippen LogP) is 2.64. The number of hydrogen-bond acceptors (Lipinski definition) is 7. The number of methoxy groups -OCH3 is 1. The molecule has 0 aliphatic rings. The normalized spacial score (nSPS) is 10.9. The summed E-state index contributed by atoms with van der Waals surface area (Å²) >= 11 is 5.00. The molecule has 3 aromatic rings. The highest BCUT2D eigenvalue weighted by atomic mass is 32.1. The molecule has 0 aliphatic heterocycles. The Morgan fingerprint density at radius 2 is 2.29 bits per heavy atom. The standard InChI is InChI=1S/C15H12N4O4S/c1-21-13-7-10(8-17-19-9-16-18-15(19)24)4-5-11(13)23-14(20)12-3-2-6-22-12/h2-9H,1H3,(H,18,24)/b17-8-. The first-order valence-corrected chi connectivity index (χ1v) is 7.18. The molecule has 0 saturated heterocycles. The lowest BCUT2D eigenvalue weighted by Crippen LogP contribution is -2.08. The van der Waals surface area contributed by atoms with E-state index in [1.807, 2.05) is 0 Å². The van der Waals surface area contributed by atoms with Crippen LogP contribution in [-0.2, 0) is 0 Å². The van der Waals surface area contributed by atoms with Gasteiger partial charge in [-0.3, -0.25) is 5.10 Å². The number of esters is 1. The van der Waals surface area contributed by atoms with Gasteiger partial charge < -0.3 is 13.9 Å². The van der Waals surface area contributed by atoms with Crippen LogP contribution in [0.5, 0.6) is 11.5 Å². The first kappa shape index (κ1) is 15.7. The van der Waals surface area contributed by atoms with Crippen molar-refractivity contribution >= 4 is 24.4 Å². The molecule has 1 aromatic carbocycles. The van der Waals surface area contributed by atoms with Crippen LogP contribution >= 0.6 is 12.2 Å². The van der Waals surface area contributed by atoms with Gasteiger partial charge in [0.2, 0.25) is 10.5 Å². The molecule has 0 unspecified atom stereocenters. The van der Waals surface area contributed by atoms with Crippen LogP contribution in [0, 0.1) is 4.77 Å². The average molecular weight is 344 g/mol. The van der Waals surface area contributed by atoms with Crippen LogP contribution in [-0.4, -0.2) is 34.2 Å². The van der Waals surface area contributed by atoms with E-state index in [-0.39, 0.29) is 11.5 Å². The van der Waals surface area contributed by atoms with E-state index in [4.69, 9.17) is 26.1 Å². The SMILES string of the molecule is COc1cc(/C=N\n2cn[nH]c2=S)ccc1OC(=O)c1ccco1. The van der Waals surface area contributed by atoms with E-state index in [1.165, 1.54) is 30.4 Å². The Hall–Kier alpha value is -3.20. The lowest BCUT2D eigenvalue weighted by atomic mass is 10.2. The Kier molecular flexibility index (Phi) is 4.52. The maximum absolute atomic E-state index is 11.9. The summed E-state index contributed by atoms with van der Waals surface area (Å²) in [6, 6.07) is 8.13. The summed E-state index contributed by atoms with van der Waals surface area (Å²) in [5.41, 5.74) is 0.729. The lowest BCUT2D eigenvalue weighted by molar-refractivity contribution is 0.0696. The van der Waals surface area contributed by atoms with Gasteiger partial charge in [0, 0.05) is 0 Å². The predicted molar refractivity (Wildman–Crippen MR) is 87.1 cm³/mol. The van der Waals surface area contributed by atoms with Gasteiger partial charge in [-0.15, -0.1) is 0 Å².